The number of nitro benzene ring substituents is 1. The van der Waals surface area contributed by atoms with Crippen molar-refractivity contribution in [1.82, 2.24) is 0 Å². The van der Waals surface area contributed by atoms with Crippen LogP contribution in [0.1, 0.15) is 30.9 Å². The largest absolute Gasteiger partial charge is 0.416 e. The summed E-state index contributed by atoms with van der Waals surface area (Å²) in [7, 11) is 0. The van der Waals surface area contributed by atoms with Crippen molar-refractivity contribution >= 4 is 5.69 Å². The molecule has 0 N–H and O–H groups in total. The third kappa shape index (κ3) is 2.50. The minimum absolute atomic E-state index is 0.0677. The van der Waals surface area contributed by atoms with Gasteiger partial charge in [0.2, 0.25) is 0 Å². The SMILES string of the molecule is CC(C)c1ccc([N+](=O)[O-])cc1C(F)(F)F. The normalized spacial score (nSPS) is 11.9. The van der Waals surface area contributed by atoms with E-state index in [0.29, 0.717) is 6.07 Å². The van der Waals surface area contributed by atoms with Crippen LogP contribution in [-0.2, 0) is 6.18 Å². The van der Waals surface area contributed by atoms with Crippen molar-refractivity contribution in [3.63, 3.8) is 0 Å². The van der Waals surface area contributed by atoms with Crippen molar-refractivity contribution in [3.8, 4) is 0 Å². The molecule has 16 heavy (non-hydrogen) atoms. The van der Waals surface area contributed by atoms with E-state index in [1.165, 1.54) is 0 Å². The van der Waals surface area contributed by atoms with Crippen LogP contribution in [0.2, 0.25) is 0 Å². The Bertz CT molecular complexity index is 413. The molecule has 0 aliphatic rings. The first-order valence-corrected chi connectivity index (χ1v) is 4.59. The molecule has 0 unspecified atom stereocenters. The number of hydrogen-bond donors (Lipinski definition) is 0. The summed E-state index contributed by atoms with van der Waals surface area (Å²) in [5.41, 5.74) is -1.41. The van der Waals surface area contributed by atoms with Crippen LogP contribution in [0.5, 0.6) is 0 Å². The van der Waals surface area contributed by atoms with Crippen LogP contribution in [0, 0.1) is 10.1 Å². The van der Waals surface area contributed by atoms with Gasteiger partial charge in [0.15, 0.2) is 0 Å². The minimum Gasteiger partial charge on any atom is -0.258 e. The van der Waals surface area contributed by atoms with E-state index < -0.39 is 22.4 Å². The maximum absolute atomic E-state index is 12.6. The Hall–Kier alpha value is -1.59. The van der Waals surface area contributed by atoms with Gasteiger partial charge in [-0.2, -0.15) is 13.2 Å². The second-order valence-corrected chi connectivity index (χ2v) is 3.68. The minimum atomic E-state index is -4.56. The third-order valence-corrected chi connectivity index (χ3v) is 2.18. The number of alkyl halides is 3. The third-order valence-electron chi connectivity index (χ3n) is 2.18. The van der Waals surface area contributed by atoms with Crippen LogP contribution in [-0.4, -0.2) is 4.92 Å². The van der Waals surface area contributed by atoms with Gasteiger partial charge in [0.25, 0.3) is 5.69 Å². The van der Waals surface area contributed by atoms with E-state index in [0.717, 1.165) is 12.1 Å². The van der Waals surface area contributed by atoms with Gasteiger partial charge in [0.1, 0.15) is 0 Å². The van der Waals surface area contributed by atoms with Gasteiger partial charge in [-0.15, -0.1) is 0 Å². The summed E-state index contributed by atoms with van der Waals surface area (Å²) in [5.74, 6) is -0.336. The van der Waals surface area contributed by atoms with Gasteiger partial charge in [-0.25, -0.2) is 0 Å². The smallest absolute Gasteiger partial charge is 0.258 e. The standard InChI is InChI=1S/C10H10F3NO2/c1-6(2)8-4-3-7(14(15)16)5-9(8)10(11,12)13/h3-6H,1-2H3. The van der Waals surface area contributed by atoms with Gasteiger partial charge in [-0.1, -0.05) is 19.9 Å². The van der Waals surface area contributed by atoms with Crippen molar-refractivity contribution in [2.24, 2.45) is 0 Å². The van der Waals surface area contributed by atoms with Crippen molar-refractivity contribution in [1.29, 1.82) is 0 Å². The molecule has 0 fully saturated rings. The quantitative estimate of drug-likeness (QED) is 0.576. The van der Waals surface area contributed by atoms with Crippen molar-refractivity contribution in [2.45, 2.75) is 25.9 Å². The summed E-state index contributed by atoms with van der Waals surface area (Å²) in [6.45, 7) is 3.22. The zero-order valence-corrected chi connectivity index (χ0v) is 8.71. The highest BCUT2D eigenvalue weighted by atomic mass is 19.4. The molecule has 88 valence electrons. The van der Waals surface area contributed by atoms with Gasteiger partial charge in [0.05, 0.1) is 10.5 Å². The second kappa shape index (κ2) is 4.11. The van der Waals surface area contributed by atoms with Crippen LogP contribution < -0.4 is 0 Å². The predicted molar refractivity (Wildman–Crippen MR) is 52.2 cm³/mol. The Labute approximate surface area is 90.0 Å². The van der Waals surface area contributed by atoms with Crippen LogP contribution in [0.3, 0.4) is 0 Å². The van der Waals surface area contributed by atoms with Gasteiger partial charge in [0, 0.05) is 12.1 Å². The lowest BCUT2D eigenvalue weighted by molar-refractivity contribution is -0.385. The monoisotopic (exact) mass is 233 g/mol. The summed E-state index contributed by atoms with van der Waals surface area (Å²) in [6, 6.07) is 2.82. The van der Waals surface area contributed by atoms with Crippen LogP contribution in [0.25, 0.3) is 0 Å². The molecule has 0 aliphatic heterocycles. The molecule has 0 bridgehead atoms. The van der Waals surface area contributed by atoms with Crippen molar-refractivity contribution in [3.05, 3.63) is 39.4 Å². The van der Waals surface area contributed by atoms with Gasteiger partial charge in [-0.3, -0.25) is 10.1 Å². The number of rotatable bonds is 2. The lowest BCUT2D eigenvalue weighted by Crippen LogP contribution is -2.10. The Morgan fingerprint density at radius 2 is 1.88 bits per heavy atom. The first-order valence-electron chi connectivity index (χ1n) is 4.59. The maximum Gasteiger partial charge on any atom is 0.416 e. The van der Waals surface area contributed by atoms with E-state index in [1.54, 1.807) is 13.8 Å². The molecular weight excluding hydrogens is 223 g/mol. The molecule has 0 aromatic heterocycles. The van der Waals surface area contributed by atoms with Crippen LogP contribution in [0.15, 0.2) is 18.2 Å². The van der Waals surface area contributed by atoms with Crippen molar-refractivity contribution in [2.75, 3.05) is 0 Å². The fraction of sp³-hybridized carbons (Fsp3) is 0.400. The Morgan fingerprint density at radius 1 is 1.31 bits per heavy atom. The molecule has 3 nitrogen and oxygen atoms in total. The predicted octanol–water partition coefficient (Wildman–Crippen LogP) is 3.74. The first-order chi connectivity index (χ1) is 7.23. The molecule has 0 aliphatic carbocycles. The lowest BCUT2D eigenvalue weighted by atomic mass is 9.96. The molecule has 1 aromatic carbocycles. The Balaban J connectivity index is 3.39. The van der Waals surface area contributed by atoms with Crippen molar-refractivity contribution < 1.29 is 18.1 Å². The number of halogens is 3. The molecule has 6 heteroatoms. The second-order valence-electron chi connectivity index (χ2n) is 3.68. The topological polar surface area (TPSA) is 43.1 Å². The Morgan fingerprint density at radius 3 is 2.25 bits per heavy atom. The van der Waals surface area contributed by atoms with Crippen LogP contribution in [0.4, 0.5) is 18.9 Å². The highest BCUT2D eigenvalue weighted by Gasteiger charge is 2.35. The fourth-order valence-corrected chi connectivity index (χ4v) is 1.41. The molecule has 0 saturated heterocycles. The summed E-state index contributed by atoms with van der Waals surface area (Å²) in [6.07, 6.45) is -4.56. The first kappa shape index (κ1) is 12.5. The number of nitro groups is 1. The summed E-state index contributed by atoms with van der Waals surface area (Å²) in [5, 5.41) is 10.4. The molecule has 1 rings (SSSR count). The highest BCUT2D eigenvalue weighted by molar-refractivity contribution is 5.42. The molecule has 0 heterocycles. The number of hydrogen-bond acceptors (Lipinski definition) is 2. The zero-order valence-electron chi connectivity index (χ0n) is 8.71. The number of nitrogens with zero attached hydrogens (tertiary/aromatic N) is 1. The highest BCUT2D eigenvalue weighted by Crippen LogP contribution is 2.37. The van der Waals surface area contributed by atoms with E-state index in [-0.39, 0.29) is 11.5 Å². The average molecular weight is 233 g/mol. The maximum atomic E-state index is 12.6. The van der Waals surface area contributed by atoms with Crippen LogP contribution >= 0.6 is 0 Å². The van der Waals surface area contributed by atoms with E-state index in [2.05, 4.69) is 0 Å². The summed E-state index contributed by atoms with van der Waals surface area (Å²) in [4.78, 5) is 9.57. The molecule has 0 spiro atoms. The zero-order chi connectivity index (χ0) is 12.5. The van der Waals surface area contributed by atoms with Gasteiger partial charge < -0.3 is 0 Å². The van der Waals surface area contributed by atoms with E-state index in [9.17, 15) is 23.3 Å². The molecular formula is C10H10F3NO2. The van der Waals surface area contributed by atoms with E-state index >= 15 is 0 Å². The Kier molecular flexibility index (Phi) is 3.21. The van der Waals surface area contributed by atoms with Gasteiger partial charge in [-0.05, 0) is 11.5 Å². The number of non-ortho nitro benzene ring substituents is 1. The number of benzene rings is 1. The van der Waals surface area contributed by atoms with E-state index in [4.69, 9.17) is 0 Å². The molecule has 0 amide bonds. The summed E-state index contributed by atoms with van der Waals surface area (Å²) < 4.78 is 37.9. The lowest BCUT2D eigenvalue weighted by Gasteiger charge is -2.14. The molecule has 1 aromatic rings. The molecule has 0 saturated carbocycles. The summed E-state index contributed by atoms with van der Waals surface area (Å²) >= 11 is 0. The fourth-order valence-electron chi connectivity index (χ4n) is 1.41. The molecule has 0 atom stereocenters. The van der Waals surface area contributed by atoms with E-state index in [1.807, 2.05) is 0 Å². The van der Waals surface area contributed by atoms with Gasteiger partial charge >= 0.3 is 6.18 Å². The average Bonchev–Trinajstić information content (AvgIpc) is 2.15. The molecule has 0 radical (unpaired) electrons.